The van der Waals surface area contributed by atoms with Crippen LogP contribution in [0, 0.1) is 13.8 Å². The van der Waals surface area contributed by atoms with Gasteiger partial charge in [-0.15, -0.1) is 0 Å². The van der Waals surface area contributed by atoms with Crippen LogP contribution in [0.3, 0.4) is 0 Å². The van der Waals surface area contributed by atoms with E-state index < -0.39 is 0 Å². The summed E-state index contributed by atoms with van der Waals surface area (Å²) < 4.78 is 10.8. The van der Waals surface area contributed by atoms with E-state index in [4.69, 9.17) is 32.7 Å². The number of hydrogen-bond acceptors (Lipinski definition) is 4. The lowest BCUT2D eigenvalue weighted by Gasteiger charge is -2.13. The van der Waals surface area contributed by atoms with Gasteiger partial charge in [-0.3, -0.25) is 9.78 Å². The number of nitrogens with one attached hydrogen (secondary N) is 1. The second-order valence-corrected chi connectivity index (χ2v) is 5.79. The van der Waals surface area contributed by atoms with Crippen molar-refractivity contribution in [1.29, 1.82) is 0 Å². The number of aromatic nitrogens is 1. The van der Waals surface area contributed by atoms with Gasteiger partial charge in [-0.25, -0.2) is 0 Å². The molecule has 0 unspecified atom stereocenters. The summed E-state index contributed by atoms with van der Waals surface area (Å²) in [4.78, 5) is 16.2. The van der Waals surface area contributed by atoms with E-state index in [1.807, 2.05) is 6.92 Å². The van der Waals surface area contributed by atoms with Gasteiger partial charge in [0, 0.05) is 5.69 Å². The van der Waals surface area contributed by atoms with Crippen LogP contribution in [-0.2, 0) is 4.79 Å². The Labute approximate surface area is 150 Å². The van der Waals surface area contributed by atoms with E-state index in [1.165, 1.54) is 0 Å². The van der Waals surface area contributed by atoms with Crippen molar-refractivity contribution in [3.05, 3.63) is 45.7 Å². The van der Waals surface area contributed by atoms with E-state index in [1.54, 1.807) is 38.1 Å². The number of nitrogens with zero attached hydrogens (tertiary/aromatic N) is 1. The molecule has 1 N–H and O–H groups in total. The fraction of sp³-hybridized carbons (Fsp3) is 0.294. The van der Waals surface area contributed by atoms with Crippen LogP contribution in [0.2, 0.25) is 10.0 Å². The third-order valence-corrected chi connectivity index (χ3v) is 4.06. The van der Waals surface area contributed by atoms with Gasteiger partial charge in [-0.05, 0) is 45.0 Å². The Hall–Kier alpha value is -1.98. The maximum absolute atomic E-state index is 12.0. The molecule has 0 spiro atoms. The van der Waals surface area contributed by atoms with E-state index in [0.717, 1.165) is 5.75 Å². The van der Waals surface area contributed by atoms with Crippen LogP contribution in [0.4, 0.5) is 5.69 Å². The lowest BCUT2D eigenvalue weighted by molar-refractivity contribution is -0.118. The molecule has 0 bridgehead atoms. The highest BCUT2D eigenvalue weighted by Gasteiger charge is 2.16. The van der Waals surface area contributed by atoms with Crippen molar-refractivity contribution >= 4 is 34.8 Å². The van der Waals surface area contributed by atoms with Gasteiger partial charge in [0.2, 0.25) is 0 Å². The summed E-state index contributed by atoms with van der Waals surface area (Å²) in [6.45, 7) is 5.78. The van der Waals surface area contributed by atoms with E-state index in [-0.39, 0.29) is 18.3 Å². The molecule has 1 amide bonds. The molecule has 2 rings (SSSR count). The SMILES string of the molecule is CCOc1ccc(NC(=O)COc2c(Cl)c(C)nc(C)c2Cl)cc1. The van der Waals surface area contributed by atoms with E-state index >= 15 is 0 Å². The van der Waals surface area contributed by atoms with E-state index in [0.29, 0.717) is 33.7 Å². The molecule has 0 aliphatic rings. The van der Waals surface area contributed by atoms with Crippen molar-refractivity contribution in [1.82, 2.24) is 4.98 Å². The Balaban J connectivity index is 1.99. The summed E-state index contributed by atoms with van der Waals surface area (Å²) >= 11 is 12.3. The van der Waals surface area contributed by atoms with Crippen molar-refractivity contribution in [3.8, 4) is 11.5 Å². The molecule has 0 aliphatic heterocycles. The zero-order valence-electron chi connectivity index (χ0n) is 13.7. The summed E-state index contributed by atoms with van der Waals surface area (Å²) in [7, 11) is 0. The summed E-state index contributed by atoms with van der Waals surface area (Å²) in [6, 6.07) is 7.07. The molecule has 0 radical (unpaired) electrons. The number of rotatable bonds is 6. The molecule has 128 valence electrons. The maximum Gasteiger partial charge on any atom is 0.262 e. The van der Waals surface area contributed by atoms with Crippen LogP contribution >= 0.6 is 23.2 Å². The number of amides is 1. The third-order valence-electron chi connectivity index (χ3n) is 3.17. The number of aryl methyl sites for hydroxylation is 2. The Morgan fingerprint density at radius 2 is 1.67 bits per heavy atom. The highest BCUT2D eigenvalue weighted by Crippen LogP contribution is 2.36. The Morgan fingerprint density at radius 1 is 1.08 bits per heavy atom. The van der Waals surface area contributed by atoms with Gasteiger partial charge in [0.15, 0.2) is 12.4 Å². The number of ether oxygens (including phenoxy) is 2. The molecule has 0 saturated heterocycles. The molecular weight excluding hydrogens is 351 g/mol. The first kappa shape index (κ1) is 18.4. The average molecular weight is 369 g/mol. The lowest BCUT2D eigenvalue weighted by atomic mass is 10.3. The summed E-state index contributed by atoms with van der Waals surface area (Å²) in [5.41, 5.74) is 1.84. The second kappa shape index (κ2) is 8.22. The number of anilines is 1. The first-order valence-corrected chi connectivity index (χ1v) is 8.15. The van der Waals surface area contributed by atoms with Crippen molar-refractivity contribution in [2.45, 2.75) is 20.8 Å². The molecule has 0 atom stereocenters. The molecule has 2 aromatic rings. The number of carbonyl (C=O) groups excluding carboxylic acids is 1. The summed E-state index contributed by atoms with van der Waals surface area (Å²) in [5.74, 6) is 0.691. The smallest absolute Gasteiger partial charge is 0.262 e. The van der Waals surface area contributed by atoms with Gasteiger partial charge in [0.05, 0.1) is 18.0 Å². The quantitative estimate of drug-likeness (QED) is 0.819. The van der Waals surface area contributed by atoms with Gasteiger partial charge in [0.25, 0.3) is 5.91 Å². The fourth-order valence-electron chi connectivity index (χ4n) is 2.04. The van der Waals surface area contributed by atoms with Gasteiger partial charge >= 0.3 is 0 Å². The topological polar surface area (TPSA) is 60.5 Å². The number of halogens is 2. The predicted molar refractivity (Wildman–Crippen MR) is 95.5 cm³/mol. The molecule has 5 nitrogen and oxygen atoms in total. The predicted octanol–water partition coefficient (Wildman–Crippen LogP) is 4.42. The second-order valence-electron chi connectivity index (χ2n) is 5.03. The van der Waals surface area contributed by atoms with E-state index in [2.05, 4.69) is 10.3 Å². The standard InChI is InChI=1S/C17H18Cl2N2O3/c1-4-23-13-7-5-12(6-8-13)21-14(22)9-24-17-15(18)10(2)20-11(3)16(17)19/h5-8H,4,9H2,1-3H3,(H,21,22). The minimum Gasteiger partial charge on any atom is -0.494 e. The number of pyridine rings is 1. The first-order valence-electron chi connectivity index (χ1n) is 7.40. The lowest BCUT2D eigenvalue weighted by Crippen LogP contribution is -2.20. The van der Waals surface area contributed by atoms with Gasteiger partial charge in [-0.2, -0.15) is 0 Å². The Bertz CT molecular complexity index is 707. The summed E-state index contributed by atoms with van der Waals surface area (Å²) in [6.07, 6.45) is 0. The zero-order valence-corrected chi connectivity index (χ0v) is 15.2. The summed E-state index contributed by atoms with van der Waals surface area (Å²) in [5, 5.41) is 3.34. The molecule has 0 aliphatic carbocycles. The van der Waals surface area contributed by atoms with Gasteiger partial charge in [0.1, 0.15) is 15.8 Å². The Morgan fingerprint density at radius 3 is 2.21 bits per heavy atom. The zero-order chi connectivity index (χ0) is 17.7. The van der Waals surface area contributed by atoms with Crippen LogP contribution in [-0.4, -0.2) is 24.1 Å². The highest BCUT2D eigenvalue weighted by atomic mass is 35.5. The fourth-order valence-corrected chi connectivity index (χ4v) is 2.47. The molecule has 1 aromatic carbocycles. The molecule has 0 fully saturated rings. The van der Waals surface area contributed by atoms with Crippen molar-refractivity contribution in [3.63, 3.8) is 0 Å². The van der Waals surface area contributed by atoms with Gasteiger partial charge < -0.3 is 14.8 Å². The monoisotopic (exact) mass is 368 g/mol. The third kappa shape index (κ3) is 4.52. The highest BCUT2D eigenvalue weighted by molar-refractivity contribution is 6.37. The number of hydrogen-bond donors (Lipinski definition) is 1. The molecule has 1 aromatic heterocycles. The van der Waals surface area contributed by atoms with Crippen LogP contribution in [0.15, 0.2) is 24.3 Å². The Kier molecular flexibility index (Phi) is 6.29. The van der Waals surface area contributed by atoms with Crippen molar-refractivity contribution in [2.75, 3.05) is 18.5 Å². The number of benzene rings is 1. The van der Waals surface area contributed by atoms with Crippen LogP contribution in [0.25, 0.3) is 0 Å². The maximum atomic E-state index is 12.0. The molecular formula is C17H18Cl2N2O3. The van der Waals surface area contributed by atoms with E-state index in [9.17, 15) is 4.79 Å². The first-order chi connectivity index (χ1) is 11.4. The average Bonchev–Trinajstić information content (AvgIpc) is 2.55. The molecule has 0 saturated carbocycles. The molecule has 1 heterocycles. The minimum absolute atomic E-state index is 0.213. The molecule has 7 heteroatoms. The van der Waals surface area contributed by atoms with Crippen molar-refractivity contribution in [2.24, 2.45) is 0 Å². The van der Waals surface area contributed by atoms with Crippen LogP contribution in [0.5, 0.6) is 11.5 Å². The van der Waals surface area contributed by atoms with Crippen molar-refractivity contribution < 1.29 is 14.3 Å². The van der Waals surface area contributed by atoms with Crippen LogP contribution < -0.4 is 14.8 Å². The largest absolute Gasteiger partial charge is 0.494 e. The van der Waals surface area contributed by atoms with Gasteiger partial charge in [-0.1, -0.05) is 23.2 Å². The van der Waals surface area contributed by atoms with Crippen LogP contribution in [0.1, 0.15) is 18.3 Å². The molecule has 24 heavy (non-hydrogen) atoms. The minimum atomic E-state index is -0.321. The number of carbonyl (C=O) groups is 1. The normalized spacial score (nSPS) is 10.4.